The van der Waals surface area contributed by atoms with Crippen LogP contribution in [0.2, 0.25) is 0 Å². The number of benzene rings is 1. The van der Waals surface area contributed by atoms with E-state index in [0.29, 0.717) is 17.1 Å². The highest BCUT2D eigenvalue weighted by Gasteiger charge is 2.31. The van der Waals surface area contributed by atoms with E-state index in [4.69, 9.17) is 0 Å². The van der Waals surface area contributed by atoms with Gasteiger partial charge in [0.05, 0.1) is 0 Å². The molecule has 2 aromatic rings. The fourth-order valence-corrected chi connectivity index (χ4v) is 2.26. The summed E-state index contributed by atoms with van der Waals surface area (Å²) in [6.45, 7) is 3.82. The Hall–Kier alpha value is -2.95. The second-order valence-electron chi connectivity index (χ2n) is 4.65. The number of carbonyl (C=O) groups is 2. The lowest BCUT2D eigenvalue weighted by Crippen LogP contribution is -2.32. The van der Waals surface area contributed by atoms with Crippen molar-refractivity contribution in [2.45, 2.75) is 0 Å². The van der Waals surface area contributed by atoms with Gasteiger partial charge in [0.1, 0.15) is 12.4 Å². The lowest BCUT2D eigenvalue weighted by Gasteiger charge is -2.16. The monoisotopic (exact) mass is 279 g/mol. The van der Waals surface area contributed by atoms with Crippen LogP contribution in [-0.4, -0.2) is 28.2 Å². The smallest absolute Gasteiger partial charge is 0.259 e. The molecule has 1 aromatic carbocycles. The molecule has 5 heteroatoms. The van der Waals surface area contributed by atoms with Gasteiger partial charge in [0.2, 0.25) is 5.91 Å². The largest absolute Gasteiger partial charge is 0.309 e. The predicted molar refractivity (Wildman–Crippen MR) is 79.4 cm³/mol. The number of anilines is 1. The molecule has 21 heavy (non-hydrogen) atoms. The molecule has 0 spiro atoms. The van der Waals surface area contributed by atoms with Crippen molar-refractivity contribution >= 4 is 23.3 Å². The van der Waals surface area contributed by atoms with Crippen LogP contribution in [-0.2, 0) is 4.79 Å². The molecular formula is C16H13N3O2. The Balaban J connectivity index is 1.73. The molecular weight excluding hydrogens is 266 g/mol. The summed E-state index contributed by atoms with van der Waals surface area (Å²) in [4.78, 5) is 29.7. The number of pyridine rings is 1. The van der Waals surface area contributed by atoms with Gasteiger partial charge in [-0.3, -0.25) is 14.5 Å². The first kappa shape index (κ1) is 13.1. The average Bonchev–Trinajstić information content (AvgIpc) is 2.74. The Morgan fingerprint density at radius 2 is 1.86 bits per heavy atom. The molecule has 0 unspecified atom stereocenters. The number of nitrogens with one attached hydrogen (secondary N) is 1. The number of fused-ring (bicyclic) bond motifs is 1. The Labute approximate surface area is 121 Å². The summed E-state index contributed by atoms with van der Waals surface area (Å²) in [5.41, 5.74) is 1.90. The van der Waals surface area contributed by atoms with Crippen LogP contribution in [0, 0.1) is 0 Å². The number of carbonyl (C=O) groups excluding carboxylic acids is 2. The molecule has 0 aliphatic carbocycles. The maximum Gasteiger partial charge on any atom is 0.259 e. The van der Waals surface area contributed by atoms with Gasteiger partial charge in [-0.25, -0.2) is 4.98 Å². The molecule has 1 aromatic heterocycles. The zero-order valence-corrected chi connectivity index (χ0v) is 11.2. The number of rotatable bonds is 3. The van der Waals surface area contributed by atoms with Crippen molar-refractivity contribution in [1.82, 2.24) is 9.88 Å². The Morgan fingerprint density at radius 1 is 1.14 bits per heavy atom. The van der Waals surface area contributed by atoms with Gasteiger partial charge in [0.15, 0.2) is 0 Å². The van der Waals surface area contributed by atoms with E-state index in [-0.39, 0.29) is 18.4 Å². The van der Waals surface area contributed by atoms with Gasteiger partial charge in [-0.1, -0.05) is 30.8 Å². The third-order valence-corrected chi connectivity index (χ3v) is 3.27. The first-order valence-corrected chi connectivity index (χ1v) is 6.48. The van der Waals surface area contributed by atoms with Crippen molar-refractivity contribution in [3.63, 3.8) is 0 Å². The van der Waals surface area contributed by atoms with Crippen molar-refractivity contribution in [3.8, 4) is 0 Å². The average molecular weight is 279 g/mol. The van der Waals surface area contributed by atoms with Crippen molar-refractivity contribution < 1.29 is 9.59 Å². The van der Waals surface area contributed by atoms with Crippen LogP contribution in [0.5, 0.6) is 0 Å². The molecule has 0 radical (unpaired) electrons. The zero-order valence-electron chi connectivity index (χ0n) is 11.2. The van der Waals surface area contributed by atoms with E-state index in [1.807, 2.05) is 12.1 Å². The molecule has 104 valence electrons. The number of aromatic nitrogens is 1. The first-order chi connectivity index (χ1) is 10.2. The minimum atomic E-state index is -0.309. The Morgan fingerprint density at radius 3 is 2.52 bits per heavy atom. The van der Waals surface area contributed by atoms with Gasteiger partial charge < -0.3 is 5.32 Å². The van der Waals surface area contributed by atoms with Gasteiger partial charge in [-0.05, 0) is 18.2 Å². The van der Waals surface area contributed by atoms with Crippen molar-refractivity contribution in [1.29, 1.82) is 0 Å². The SMILES string of the molecule is C=C1c2ccccc2C(=O)N1CC(=O)Nc1ccccn1. The van der Waals surface area contributed by atoms with Crippen molar-refractivity contribution in [2.24, 2.45) is 0 Å². The molecule has 3 rings (SSSR count). The van der Waals surface area contributed by atoms with Crippen molar-refractivity contribution in [2.75, 3.05) is 11.9 Å². The van der Waals surface area contributed by atoms with Gasteiger partial charge in [0.25, 0.3) is 5.91 Å². The fourth-order valence-electron chi connectivity index (χ4n) is 2.26. The number of nitrogens with zero attached hydrogens (tertiary/aromatic N) is 2. The molecule has 2 heterocycles. The Bertz CT molecular complexity index is 690. The van der Waals surface area contributed by atoms with Crippen LogP contribution in [0.1, 0.15) is 15.9 Å². The van der Waals surface area contributed by atoms with Crippen LogP contribution in [0.3, 0.4) is 0 Å². The summed E-state index contributed by atoms with van der Waals surface area (Å²) in [6, 6.07) is 12.4. The number of hydrogen-bond acceptors (Lipinski definition) is 3. The van der Waals surface area contributed by atoms with E-state index in [2.05, 4.69) is 16.9 Å². The molecule has 0 atom stereocenters. The zero-order chi connectivity index (χ0) is 14.8. The van der Waals surface area contributed by atoms with Crippen LogP contribution in [0.15, 0.2) is 55.2 Å². The van der Waals surface area contributed by atoms with Gasteiger partial charge >= 0.3 is 0 Å². The molecule has 0 saturated heterocycles. The van der Waals surface area contributed by atoms with E-state index in [1.165, 1.54) is 4.90 Å². The molecule has 0 fully saturated rings. The summed E-state index contributed by atoms with van der Waals surface area (Å²) in [6.07, 6.45) is 1.59. The molecule has 1 aliphatic heterocycles. The molecule has 2 amide bonds. The van der Waals surface area contributed by atoms with Gasteiger partial charge in [0, 0.05) is 23.0 Å². The maximum absolute atomic E-state index is 12.3. The fraction of sp³-hybridized carbons (Fsp3) is 0.0625. The Kier molecular flexibility index (Phi) is 3.23. The standard InChI is InChI=1S/C16H13N3O2/c1-11-12-6-2-3-7-13(12)16(21)19(11)10-15(20)18-14-8-4-5-9-17-14/h2-9H,1,10H2,(H,17,18,20). The maximum atomic E-state index is 12.3. The third kappa shape index (κ3) is 2.41. The molecule has 1 N–H and O–H groups in total. The summed E-state index contributed by atoms with van der Waals surface area (Å²) < 4.78 is 0. The molecule has 0 saturated carbocycles. The summed E-state index contributed by atoms with van der Waals surface area (Å²) in [7, 11) is 0. The van der Waals surface area contributed by atoms with E-state index >= 15 is 0 Å². The minimum Gasteiger partial charge on any atom is -0.309 e. The summed E-state index contributed by atoms with van der Waals surface area (Å²) >= 11 is 0. The van der Waals surface area contributed by atoms with Crippen molar-refractivity contribution in [3.05, 3.63) is 66.4 Å². The van der Waals surface area contributed by atoms with E-state index in [1.54, 1.807) is 36.5 Å². The highest BCUT2D eigenvalue weighted by atomic mass is 16.2. The predicted octanol–water partition coefficient (Wildman–Crippen LogP) is 2.15. The first-order valence-electron chi connectivity index (χ1n) is 6.48. The highest BCUT2D eigenvalue weighted by Crippen LogP contribution is 2.30. The molecule has 5 nitrogen and oxygen atoms in total. The van der Waals surface area contributed by atoms with E-state index < -0.39 is 0 Å². The highest BCUT2D eigenvalue weighted by molar-refractivity contribution is 6.11. The van der Waals surface area contributed by atoms with Crippen LogP contribution < -0.4 is 5.32 Å². The second kappa shape index (κ2) is 5.20. The second-order valence-corrected chi connectivity index (χ2v) is 4.65. The van der Waals surface area contributed by atoms with Crippen LogP contribution in [0.4, 0.5) is 5.82 Å². The van der Waals surface area contributed by atoms with Crippen LogP contribution in [0.25, 0.3) is 5.70 Å². The van der Waals surface area contributed by atoms with E-state index in [9.17, 15) is 9.59 Å². The topological polar surface area (TPSA) is 62.3 Å². The number of hydrogen-bond donors (Lipinski definition) is 1. The molecule has 0 bridgehead atoms. The quantitative estimate of drug-likeness (QED) is 0.936. The van der Waals surface area contributed by atoms with E-state index in [0.717, 1.165) is 5.56 Å². The lowest BCUT2D eigenvalue weighted by molar-refractivity contribution is -0.116. The summed E-state index contributed by atoms with van der Waals surface area (Å²) in [5, 5.41) is 2.65. The third-order valence-electron chi connectivity index (χ3n) is 3.27. The number of amides is 2. The normalized spacial score (nSPS) is 13.2. The van der Waals surface area contributed by atoms with Gasteiger partial charge in [-0.15, -0.1) is 0 Å². The van der Waals surface area contributed by atoms with Crippen LogP contribution >= 0.6 is 0 Å². The molecule has 1 aliphatic rings. The minimum absolute atomic E-state index is 0.0804. The van der Waals surface area contributed by atoms with Gasteiger partial charge in [-0.2, -0.15) is 0 Å². The summed E-state index contributed by atoms with van der Waals surface area (Å²) in [5.74, 6) is -0.0555. The lowest BCUT2D eigenvalue weighted by atomic mass is 10.1.